The number of carbonyl (C=O) groups is 3. The molecular weight excluding hydrogens is 338 g/mol. The van der Waals surface area contributed by atoms with Gasteiger partial charge in [0.2, 0.25) is 0 Å². The predicted octanol–water partition coefficient (Wildman–Crippen LogP) is 1.62. The molecule has 9 heteroatoms. The zero-order valence-corrected chi connectivity index (χ0v) is 14.9. The molecule has 0 aliphatic heterocycles. The normalized spacial score (nSPS) is 10.3. The second-order valence-electron chi connectivity index (χ2n) is 4.59. The summed E-state index contributed by atoms with van der Waals surface area (Å²) in [5.74, 6) is -1.65. The van der Waals surface area contributed by atoms with Crippen molar-refractivity contribution in [3.8, 4) is 0 Å². The summed E-state index contributed by atoms with van der Waals surface area (Å²) in [7, 11) is 2.87. The van der Waals surface area contributed by atoms with E-state index in [1.165, 1.54) is 14.2 Å². The average molecular weight is 359 g/mol. The first-order valence-corrected chi connectivity index (χ1v) is 8.03. The van der Waals surface area contributed by atoms with Crippen LogP contribution < -0.4 is 5.32 Å². The van der Waals surface area contributed by atoms with E-state index in [1.54, 1.807) is 13.8 Å². The molecule has 134 valence electrons. The number of hydrogen-bond acceptors (Lipinski definition) is 8. The highest BCUT2D eigenvalue weighted by atomic mass is 32.1. The number of carbonyl (C=O) groups excluding carboxylic acids is 3. The minimum Gasteiger partial charge on any atom is -0.462 e. The number of rotatable bonds is 9. The highest BCUT2D eigenvalue weighted by Crippen LogP contribution is 2.34. The maximum absolute atomic E-state index is 12.2. The van der Waals surface area contributed by atoms with Crippen LogP contribution in [0.2, 0.25) is 0 Å². The molecule has 0 atom stereocenters. The van der Waals surface area contributed by atoms with Gasteiger partial charge in [0.25, 0.3) is 5.91 Å². The monoisotopic (exact) mass is 359 g/mol. The molecule has 0 aromatic carbocycles. The van der Waals surface area contributed by atoms with E-state index in [-0.39, 0.29) is 41.9 Å². The molecule has 0 fully saturated rings. The van der Waals surface area contributed by atoms with Crippen LogP contribution in [-0.4, -0.2) is 58.5 Å². The molecule has 0 aliphatic carbocycles. The van der Waals surface area contributed by atoms with Crippen LogP contribution >= 0.6 is 11.3 Å². The summed E-state index contributed by atoms with van der Waals surface area (Å²) in [6.07, 6.45) is 0. The number of esters is 2. The van der Waals surface area contributed by atoms with Crippen molar-refractivity contribution in [3.63, 3.8) is 0 Å². The van der Waals surface area contributed by atoms with E-state index >= 15 is 0 Å². The molecular formula is C15H21NO7S. The van der Waals surface area contributed by atoms with Gasteiger partial charge in [0, 0.05) is 14.2 Å². The van der Waals surface area contributed by atoms with Gasteiger partial charge in [0.15, 0.2) is 0 Å². The number of amides is 1. The van der Waals surface area contributed by atoms with Crippen LogP contribution in [0.3, 0.4) is 0 Å². The Morgan fingerprint density at radius 2 is 1.75 bits per heavy atom. The predicted molar refractivity (Wildman–Crippen MR) is 87.7 cm³/mol. The summed E-state index contributed by atoms with van der Waals surface area (Å²) in [6.45, 7) is 3.62. The molecule has 1 rings (SSSR count). The zero-order valence-electron chi connectivity index (χ0n) is 14.1. The van der Waals surface area contributed by atoms with Gasteiger partial charge in [-0.2, -0.15) is 0 Å². The van der Waals surface area contributed by atoms with E-state index in [4.69, 9.17) is 18.9 Å². The standard InChI is InChI=1S/C15H21NO7S/c1-5-22-14(18)11-9(2)12(15(19)23-7-6-20-3)24-13(11)16-10(17)8-21-4/h5-8H2,1-4H3,(H,16,17). The first-order valence-electron chi connectivity index (χ1n) is 7.21. The Morgan fingerprint density at radius 3 is 2.33 bits per heavy atom. The molecule has 0 radical (unpaired) electrons. The quantitative estimate of drug-likeness (QED) is 0.528. The van der Waals surface area contributed by atoms with Crippen molar-refractivity contribution >= 4 is 34.2 Å². The molecule has 0 bridgehead atoms. The van der Waals surface area contributed by atoms with Gasteiger partial charge in [0.1, 0.15) is 23.1 Å². The molecule has 1 heterocycles. The summed E-state index contributed by atoms with van der Waals surface area (Å²) < 4.78 is 19.6. The van der Waals surface area contributed by atoms with Crippen molar-refractivity contribution in [1.82, 2.24) is 0 Å². The van der Waals surface area contributed by atoms with Crippen molar-refractivity contribution in [2.45, 2.75) is 13.8 Å². The SMILES string of the molecule is CCOC(=O)c1c(NC(=O)COC)sc(C(=O)OCCOC)c1C. The average Bonchev–Trinajstić information content (AvgIpc) is 2.84. The number of anilines is 1. The number of hydrogen-bond donors (Lipinski definition) is 1. The molecule has 8 nitrogen and oxygen atoms in total. The van der Waals surface area contributed by atoms with Crippen LogP contribution in [0.15, 0.2) is 0 Å². The molecule has 0 saturated heterocycles. The zero-order chi connectivity index (χ0) is 18.1. The Bertz CT molecular complexity index is 597. The Balaban J connectivity index is 3.11. The van der Waals surface area contributed by atoms with Gasteiger partial charge in [-0.3, -0.25) is 4.79 Å². The summed E-state index contributed by atoms with van der Waals surface area (Å²) in [5.41, 5.74) is 0.540. The first kappa shape index (κ1) is 20.1. The van der Waals surface area contributed by atoms with Crippen LogP contribution in [0.1, 0.15) is 32.5 Å². The molecule has 1 amide bonds. The van der Waals surface area contributed by atoms with Crippen LogP contribution in [0.25, 0.3) is 0 Å². The van der Waals surface area contributed by atoms with Gasteiger partial charge in [-0.25, -0.2) is 9.59 Å². The molecule has 0 saturated carbocycles. The van der Waals surface area contributed by atoms with E-state index in [9.17, 15) is 14.4 Å². The van der Waals surface area contributed by atoms with Crippen LogP contribution in [0, 0.1) is 6.92 Å². The van der Waals surface area contributed by atoms with E-state index in [1.807, 2.05) is 0 Å². The lowest BCUT2D eigenvalue weighted by Crippen LogP contribution is -2.18. The van der Waals surface area contributed by atoms with Crippen molar-refractivity contribution in [1.29, 1.82) is 0 Å². The fourth-order valence-electron chi connectivity index (χ4n) is 1.82. The topological polar surface area (TPSA) is 100 Å². The number of nitrogens with one attached hydrogen (secondary N) is 1. The third-order valence-corrected chi connectivity index (χ3v) is 4.05. The number of thiophene rings is 1. The maximum atomic E-state index is 12.2. The van der Waals surface area contributed by atoms with Gasteiger partial charge in [-0.1, -0.05) is 0 Å². The third kappa shape index (κ3) is 5.29. The molecule has 24 heavy (non-hydrogen) atoms. The summed E-state index contributed by atoms with van der Waals surface area (Å²) in [5, 5.41) is 2.78. The molecule has 0 unspecified atom stereocenters. The lowest BCUT2D eigenvalue weighted by molar-refractivity contribution is -0.119. The van der Waals surface area contributed by atoms with Gasteiger partial charge < -0.3 is 24.3 Å². The maximum Gasteiger partial charge on any atom is 0.348 e. The summed E-state index contributed by atoms with van der Waals surface area (Å²) >= 11 is 0.957. The Morgan fingerprint density at radius 1 is 1.04 bits per heavy atom. The van der Waals surface area contributed by atoms with Crippen molar-refractivity contribution in [2.75, 3.05) is 46.0 Å². The van der Waals surface area contributed by atoms with Crippen LogP contribution in [0.5, 0.6) is 0 Å². The summed E-state index contributed by atoms with van der Waals surface area (Å²) in [4.78, 5) is 36.2. The fourth-order valence-corrected chi connectivity index (χ4v) is 2.93. The van der Waals surface area contributed by atoms with Gasteiger partial charge in [-0.05, 0) is 19.4 Å². The largest absolute Gasteiger partial charge is 0.462 e. The van der Waals surface area contributed by atoms with E-state index < -0.39 is 17.8 Å². The highest BCUT2D eigenvalue weighted by Gasteiger charge is 2.27. The lowest BCUT2D eigenvalue weighted by atomic mass is 10.1. The summed E-state index contributed by atoms with van der Waals surface area (Å²) in [6, 6.07) is 0. The van der Waals surface area contributed by atoms with Gasteiger partial charge in [-0.15, -0.1) is 11.3 Å². The van der Waals surface area contributed by atoms with E-state index in [0.717, 1.165) is 11.3 Å². The number of methoxy groups -OCH3 is 2. The third-order valence-electron chi connectivity index (χ3n) is 2.86. The molecule has 0 aliphatic rings. The molecule has 1 N–H and O–H groups in total. The Hall–Kier alpha value is -1.97. The smallest absolute Gasteiger partial charge is 0.348 e. The minimum absolute atomic E-state index is 0.0901. The first-order chi connectivity index (χ1) is 11.5. The van der Waals surface area contributed by atoms with Gasteiger partial charge in [0.05, 0.1) is 18.8 Å². The van der Waals surface area contributed by atoms with Crippen molar-refractivity contribution < 1.29 is 33.3 Å². The second kappa shape index (κ2) is 10.0. The highest BCUT2D eigenvalue weighted by molar-refractivity contribution is 7.18. The van der Waals surface area contributed by atoms with Crippen LogP contribution in [0.4, 0.5) is 5.00 Å². The Kier molecular flexibility index (Phi) is 8.37. The lowest BCUT2D eigenvalue weighted by Gasteiger charge is -2.06. The Labute approximate surface area is 144 Å². The molecule has 1 aromatic rings. The fraction of sp³-hybridized carbons (Fsp3) is 0.533. The van der Waals surface area contributed by atoms with Gasteiger partial charge >= 0.3 is 11.9 Å². The second-order valence-corrected chi connectivity index (χ2v) is 5.61. The van der Waals surface area contributed by atoms with E-state index in [0.29, 0.717) is 5.56 Å². The number of ether oxygens (including phenoxy) is 4. The van der Waals surface area contributed by atoms with Crippen molar-refractivity contribution in [2.24, 2.45) is 0 Å². The van der Waals surface area contributed by atoms with Crippen LogP contribution in [-0.2, 0) is 23.7 Å². The molecule has 1 aromatic heterocycles. The molecule has 0 spiro atoms. The van der Waals surface area contributed by atoms with E-state index in [2.05, 4.69) is 5.32 Å². The minimum atomic E-state index is -0.616. The van der Waals surface area contributed by atoms with Crippen molar-refractivity contribution in [3.05, 3.63) is 16.0 Å².